The van der Waals surface area contributed by atoms with Gasteiger partial charge < -0.3 is 4.57 Å². The summed E-state index contributed by atoms with van der Waals surface area (Å²) >= 11 is 4.97. The average Bonchev–Trinajstić information content (AvgIpc) is 3.06. The van der Waals surface area contributed by atoms with Crippen molar-refractivity contribution in [1.29, 1.82) is 0 Å². The summed E-state index contributed by atoms with van der Waals surface area (Å²) in [5.74, 6) is -1.20. The van der Waals surface area contributed by atoms with Gasteiger partial charge in [0.2, 0.25) is 0 Å². The highest BCUT2D eigenvalue weighted by atomic mass is 32.1. The van der Waals surface area contributed by atoms with Crippen molar-refractivity contribution in [3.05, 3.63) is 59.4 Å². The molecule has 0 spiro atoms. The van der Waals surface area contributed by atoms with Gasteiger partial charge in [0, 0.05) is 24.1 Å². The molecule has 2 aromatic rings. The van der Waals surface area contributed by atoms with E-state index in [1.54, 1.807) is 25.3 Å². The minimum absolute atomic E-state index is 0.0258. The summed E-state index contributed by atoms with van der Waals surface area (Å²) < 4.78 is 40.4. The van der Waals surface area contributed by atoms with Crippen molar-refractivity contribution >= 4 is 35.2 Å². The number of likely N-dealkylation sites (N-methyl/N-ethyl adjacent to an activating group) is 1. The van der Waals surface area contributed by atoms with Crippen molar-refractivity contribution < 1.29 is 22.8 Å². The number of amides is 2. The van der Waals surface area contributed by atoms with Gasteiger partial charge in [-0.1, -0.05) is 6.07 Å². The van der Waals surface area contributed by atoms with Gasteiger partial charge in [0.1, 0.15) is 5.57 Å². The average molecular weight is 393 g/mol. The van der Waals surface area contributed by atoms with Crippen LogP contribution in [0.4, 0.5) is 13.2 Å². The molecule has 1 fully saturated rings. The number of thiocarbonyl (C=S) groups is 1. The Labute approximate surface area is 158 Å². The third-order valence-electron chi connectivity index (χ3n) is 4.03. The quantitative estimate of drug-likeness (QED) is 0.495. The van der Waals surface area contributed by atoms with Crippen molar-refractivity contribution in [2.24, 2.45) is 0 Å². The Bertz CT molecular complexity index is 963. The van der Waals surface area contributed by atoms with E-state index in [0.717, 1.165) is 12.1 Å². The lowest BCUT2D eigenvalue weighted by molar-refractivity contribution is -0.137. The van der Waals surface area contributed by atoms with E-state index < -0.39 is 23.6 Å². The SMILES string of the molecule is CCN1C(=O)/C(=C/c2cccn2-c2cccc(C(F)(F)F)c2)C(=O)NC1=S. The minimum Gasteiger partial charge on any atom is -0.317 e. The summed E-state index contributed by atoms with van der Waals surface area (Å²) in [4.78, 5) is 25.9. The lowest BCUT2D eigenvalue weighted by Gasteiger charge is -2.27. The van der Waals surface area contributed by atoms with Gasteiger partial charge in [-0.15, -0.1) is 0 Å². The fourth-order valence-corrected chi connectivity index (χ4v) is 3.01. The highest BCUT2D eigenvalue weighted by Crippen LogP contribution is 2.30. The molecule has 2 amide bonds. The maximum atomic E-state index is 13.0. The maximum Gasteiger partial charge on any atom is 0.416 e. The number of nitrogens with one attached hydrogen (secondary N) is 1. The number of benzene rings is 1. The Morgan fingerprint density at radius 2 is 1.93 bits per heavy atom. The fourth-order valence-electron chi connectivity index (χ4n) is 2.71. The van der Waals surface area contributed by atoms with E-state index in [9.17, 15) is 22.8 Å². The van der Waals surface area contributed by atoms with E-state index >= 15 is 0 Å². The van der Waals surface area contributed by atoms with Crippen LogP contribution < -0.4 is 5.32 Å². The molecule has 3 rings (SSSR count). The number of halogens is 3. The molecule has 1 saturated heterocycles. The molecular formula is C18H14F3N3O2S. The Morgan fingerprint density at radius 1 is 1.19 bits per heavy atom. The number of rotatable bonds is 3. The van der Waals surface area contributed by atoms with Gasteiger partial charge in [0.25, 0.3) is 11.8 Å². The first-order valence-corrected chi connectivity index (χ1v) is 8.37. The van der Waals surface area contributed by atoms with Crippen LogP contribution in [0, 0.1) is 0 Å². The highest BCUT2D eigenvalue weighted by molar-refractivity contribution is 7.80. The molecule has 27 heavy (non-hydrogen) atoms. The van der Waals surface area contributed by atoms with Gasteiger partial charge in [-0.2, -0.15) is 13.2 Å². The number of carbonyl (C=O) groups is 2. The molecule has 1 aromatic heterocycles. The maximum absolute atomic E-state index is 13.0. The molecule has 0 radical (unpaired) electrons. The molecule has 0 unspecified atom stereocenters. The topological polar surface area (TPSA) is 54.3 Å². The first-order valence-electron chi connectivity index (χ1n) is 7.96. The number of hydrogen-bond acceptors (Lipinski definition) is 3. The lowest BCUT2D eigenvalue weighted by atomic mass is 10.1. The molecule has 0 aliphatic carbocycles. The zero-order valence-corrected chi connectivity index (χ0v) is 14.9. The van der Waals surface area contributed by atoms with Gasteiger partial charge in [-0.3, -0.25) is 19.8 Å². The van der Waals surface area contributed by atoms with Crippen LogP contribution in [0.1, 0.15) is 18.2 Å². The fraction of sp³-hybridized carbons (Fsp3) is 0.167. The van der Waals surface area contributed by atoms with Crippen LogP contribution in [0.2, 0.25) is 0 Å². The largest absolute Gasteiger partial charge is 0.416 e. The summed E-state index contributed by atoms with van der Waals surface area (Å²) in [5.41, 5.74) is -0.288. The summed E-state index contributed by atoms with van der Waals surface area (Å²) in [6, 6.07) is 7.98. The molecule has 1 aliphatic heterocycles. The molecule has 0 bridgehead atoms. The molecule has 9 heteroatoms. The normalized spacial score (nSPS) is 16.8. The molecule has 2 heterocycles. The number of carbonyl (C=O) groups excluding carboxylic acids is 2. The van der Waals surface area contributed by atoms with Crippen LogP contribution >= 0.6 is 12.2 Å². The Morgan fingerprint density at radius 3 is 2.59 bits per heavy atom. The zero-order valence-electron chi connectivity index (χ0n) is 14.1. The summed E-state index contributed by atoms with van der Waals surface area (Å²) in [7, 11) is 0. The van der Waals surface area contributed by atoms with Crippen molar-refractivity contribution in [3.63, 3.8) is 0 Å². The lowest BCUT2D eigenvalue weighted by Crippen LogP contribution is -2.53. The molecule has 1 N–H and O–H groups in total. The number of alkyl halides is 3. The van der Waals surface area contributed by atoms with Crippen LogP contribution in [-0.4, -0.2) is 32.9 Å². The van der Waals surface area contributed by atoms with E-state index in [-0.39, 0.29) is 22.9 Å². The Balaban J connectivity index is 2.03. The van der Waals surface area contributed by atoms with Crippen LogP contribution in [-0.2, 0) is 15.8 Å². The summed E-state index contributed by atoms with van der Waals surface area (Å²) in [6.45, 7) is 1.99. The second-order valence-corrected chi connectivity index (χ2v) is 6.10. The minimum atomic E-state index is -4.47. The highest BCUT2D eigenvalue weighted by Gasteiger charge is 2.33. The first kappa shape index (κ1) is 18.8. The second kappa shape index (κ2) is 6.99. The Kier molecular flexibility index (Phi) is 4.88. The van der Waals surface area contributed by atoms with Crippen molar-refractivity contribution in [2.45, 2.75) is 13.1 Å². The van der Waals surface area contributed by atoms with Gasteiger partial charge in [-0.25, -0.2) is 0 Å². The molecule has 0 atom stereocenters. The number of hydrogen-bond donors (Lipinski definition) is 1. The molecule has 140 valence electrons. The third kappa shape index (κ3) is 3.63. The van der Waals surface area contributed by atoms with Crippen molar-refractivity contribution in [1.82, 2.24) is 14.8 Å². The van der Waals surface area contributed by atoms with Crippen LogP contribution in [0.25, 0.3) is 11.8 Å². The van der Waals surface area contributed by atoms with Crippen LogP contribution in [0.15, 0.2) is 48.2 Å². The van der Waals surface area contributed by atoms with Gasteiger partial charge >= 0.3 is 6.18 Å². The number of aromatic nitrogens is 1. The van der Waals surface area contributed by atoms with E-state index in [0.29, 0.717) is 5.69 Å². The second-order valence-electron chi connectivity index (χ2n) is 5.72. The van der Waals surface area contributed by atoms with Crippen molar-refractivity contribution in [2.75, 3.05) is 6.54 Å². The first-order chi connectivity index (χ1) is 12.7. The zero-order chi connectivity index (χ0) is 19.8. The summed E-state index contributed by atoms with van der Waals surface area (Å²) in [6.07, 6.45) is -1.59. The predicted octanol–water partition coefficient (Wildman–Crippen LogP) is 3.14. The molecule has 5 nitrogen and oxygen atoms in total. The van der Waals surface area contributed by atoms with Crippen LogP contribution in [0.3, 0.4) is 0 Å². The van der Waals surface area contributed by atoms with Gasteiger partial charge in [0.05, 0.1) is 5.56 Å². The standard InChI is InChI=1S/C18H14F3N3O2S/c1-2-23-16(26)14(15(25)22-17(23)27)10-13-7-4-8-24(13)12-6-3-5-11(9-12)18(19,20)21/h3-10H,2H2,1H3,(H,22,25,27)/b14-10+. The van der Waals surface area contributed by atoms with E-state index in [1.807, 2.05) is 0 Å². The van der Waals surface area contributed by atoms with E-state index in [4.69, 9.17) is 12.2 Å². The summed E-state index contributed by atoms with van der Waals surface area (Å²) in [5, 5.41) is 2.46. The molecule has 0 saturated carbocycles. The number of nitrogens with zero attached hydrogens (tertiary/aromatic N) is 2. The molecule has 1 aromatic carbocycles. The van der Waals surface area contributed by atoms with Gasteiger partial charge in [-0.05, 0) is 55.5 Å². The van der Waals surface area contributed by atoms with E-state index in [2.05, 4.69) is 5.32 Å². The molecule has 1 aliphatic rings. The molecular weight excluding hydrogens is 379 g/mol. The monoisotopic (exact) mass is 393 g/mol. The third-order valence-corrected chi connectivity index (χ3v) is 4.35. The van der Waals surface area contributed by atoms with Crippen LogP contribution in [0.5, 0.6) is 0 Å². The van der Waals surface area contributed by atoms with Crippen molar-refractivity contribution in [3.8, 4) is 5.69 Å². The predicted molar refractivity (Wildman–Crippen MR) is 96.9 cm³/mol. The van der Waals surface area contributed by atoms with Gasteiger partial charge in [0.15, 0.2) is 5.11 Å². The van der Waals surface area contributed by atoms with E-state index in [1.165, 1.54) is 27.7 Å². The Hall–Kier alpha value is -2.94. The smallest absolute Gasteiger partial charge is 0.317 e.